The second kappa shape index (κ2) is 3.96. The van der Waals surface area contributed by atoms with Crippen LogP contribution in [0.4, 0.5) is 0 Å². The van der Waals surface area contributed by atoms with Gasteiger partial charge in [0, 0.05) is 7.05 Å². The summed E-state index contributed by atoms with van der Waals surface area (Å²) in [5.74, 6) is -0.186. The summed E-state index contributed by atoms with van der Waals surface area (Å²) < 4.78 is 0. The summed E-state index contributed by atoms with van der Waals surface area (Å²) in [5, 5.41) is 2.68. The minimum atomic E-state index is -0.509. The van der Waals surface area contributed by atoms with Crippen molar-refractivity contribution >= 4 is 11.8 Å². The lowest BCUT2D eigenvalue weighted by molar-refractivity contribution is -0.147. The number of piperazine rings is 1. The number of nitrogens with one attached hydrogen (secondary N) is 1. The van der Waals surface area contributed by atoms with E-state index in [2.05, 4.69) is 5.32 Å². The first-order chi connectivity index (χ1) is 7.61. The van der Waals surface area contributed by atoms with Crippen LogP contribution in [0.25, 0.3) is 0 Å². The molecular weight excluding hydrogens is 204 g/mol. The van der Waals surface area contributed by atoms with Gasteiger partial charge >= 0.3 is 0 Å². The Hall–Kier alpha value is -1.84. The molecule has 2 unspecified atom stereocenters. The summed E-state index contributed by atoms with van der Waals surface area (Å²) in [5.41, 5.74) is 0.836. The van der Waals surface area contributed by atoms with E-state index < -0.39 is 12.1 Å². The molecule has 1 heterocycles. The fourth-order valence-electron chi connectivity index (χ4n) is 1.97. The molecule has 16 heavy (non-hydrogen) atoms. The van der Waals surface area contributed by atoms with Gasteiger partial charge in [0.15, 0.2) is 0 Å². The van der Waals surface area contributed by atoms with Crippen LogP contribution in [0.5, 0.6) is 0 Å². The van der Waals surface area contributed by atoms with Crippen molar-refractivity contribution in [2.75, 3.05) is 7.05 Å². The number of nitrogens with zero attached hydrogens (tertiary/aromatic N) is 1. The highest BCUT2D eigenvalue weighted by Crippen LogP contribution is 2.23. The van der Waals surface area contributed by atoms with Crippen LogP contribution in [0.3, 0.4) is 0 Å². The third-order valence-corrected chi connectivity index (χ3v) is 2.83. The van der Waals surface area contributed by atoms with Crippen molar-refractivity contribution in [1.29, 1.82) is 0 Å². The van der Waals surface area contributed by atoms with Gasteiger partial charge in [-0.2, -0.15) is 0 Å². The fourth-order valence-corrected chi connectivity index (χ4v) is 1.97. The molecule has 84 valence electrons. The Morgan fingerprint density at radius 2 is 1.81 bits per heavy atom. The first-order valence-corrected chi connectivity index (χ1v) is 5.23. The van der Waals surface area contributed by atoms with Crippen molar-refractivity contribution in [3.8, 4) is 0 Å². The predicted molar refractivity (Wildman–Crippen MR) is 59.6 cm³/mol. The zero-order valence-electron chi connectivity index (χ0n) is 9.31. The van der Waals surface area contributed by atoms with Crippen LogP contribution in [-0.2, 0) is 9.59 Å². The summed E-state index contributed by atoms with van der Waals surface area (Å²) in [6, 6.07) is 8.36. The number of hydrogen-bond donors (Lipinski definition) is 1. The normalized spacial score (nSPS) is 25.5. The van der Waals surface area contributed by atoms with E-state index in [9.17, 15) is 9.59 Å². The van der Waals surface area contributed by atoms with Gasteiger partial charge in [0.25, 0.3) is 0 Å². The molecule has 0 saturated carbocycles. The van der Waals surface area contributed by atoms with Gasteiger partial charge in [0.05, 0.1) is 0 Å². The van der Waals surface area contributed by atoms with Crippen molar-refractivity contribution in [2.24, 2.45) is 0 Å². The summed E-state index contributed by atoms with van der Waals surface area (Å²) in [6.07, 6.45) is 0. The molecule has 1 aliphatic heterocycles. The zero-order chi connectivity index (χ0) is 11.7. The molecule has 0 aromatic heterocycles. The van der Waals surface area contributed by atoms with Gasteiger partial charge in [-0.25, -0.2) is 0 Å². The van der Waals surface area contributed by atoms with Crippen LogP contribution in [-0.4, -0.2) is 29.8 Å². The van der Waals surface area contributed by atoms with Crippen LogP contribution in [0.2, 0.25) is 0 Å². The first kappa shape index (κ1) is 10.7. The van der Waals surface area contributed by atoms with E-state index in [1.807, 2.05) is 30.3 Å². The maximum Gasteiger partial charge on any atom is 0.248 e. The van der Waals surface area contributed by atoms with Crippen molar-refractivity contribution in [2.45, 2.75) is 19.0 Å². The first-order valence-electron chi connectivity index (χ1n) is 5.23. The van der Waals surface area contributed by atoms with Crippen LogP contribution in [0.15, 0.2) is 30.3 Å². The summed E-state index contributed by atoms with van der Waals surface area (Å²) in [6.45, 7) is 1.69. The van der Waals surface area contributed by atoms with Crippen LogP contribution in [0.1, 0.15) is 18.5 Å². The molecule has 2 rings (SSSR count). The van der Waals surface area contributed by atoms with E-state index >= 15 is 0 Å². The molecule has 2 amide bonds. The Morgan fingerprint density at radius 1 is 1.19 bits per heavy atom. The van der Waals surface area contributed by atoms with E-state index in [0.29, 0.717) is 0 Å². The highest BCUT2D eigenvalue weighted by Gasteiger charge is 2.36. The number of benzene rings is 1. The Labute approximate surface area is 94.2 Å². The van der Waals surface area contributed by atoms with Crippen LogP contribution in [0, 0.1) is 0 Å². The Kier molecular flexibility index (Phi) is 2.64. The molecule has 1 fully saturated rings. The third kappa shape index (κ3) is 1.66. The van der Waals surface area contributed by atoms with E-state index in [-0.39, 0.29) is 11.8 Å². The third-order valence-electron chi connectivity index (χ3n) is 2.83. The second-order valence-corrected chi connectivity index (χ2v) is 3.99. The average molecular weight is 218 g/mol. The Bertz CT molecular complexity index is 416. The SMILES string of the molecule is CC1NC(=O)C(c2ccccc2)N(C)C1=O. The van der Waals surface area contributed by atoms with Gasteiger partial charge in [0.1, 0.15) is 12.1 Å². The lowest BCUT2D eigenvalue weighted by Gasteiger charge is -2.35. The van der Waals surface area contributed by atoms with Crippen LogP contribution < -0.4 is 5.32 Å². The quantitative estimate of drug-likeness (QED) is 0.754. The molecule has 1 N–H and O–H groups in total. The molecule has 1 saturated heterocycles. The lowest BCUT2D eigenvalue weighted by Crippen LogP contribution is -2.56. The predicted octanol–water partition coefficient (Wildman–Crippen LogP) is 0.704. The van der Waals surface area contributed by atoms with Crippen molar-refractivity contribution in [3.63, 3.8) is 0 Å². The summed E-state index contributed by atoms with van der Waals surface area (Å²) in [7, 11) is 1.66. The minimum Gasteiger partial charge on any atom is -0.342 e. The summed E-state index contributed by atoms with van der Waals surface area (Å²) >= 11 is 0. The molecule has 0 aliphatic carbocycles. The molecule has 4 nitrogen and oxygen atoms in total. The highest BCUT2D eigenvalue weighted by atomic mass is 16.2. The lowest BCUT2D eigenvalue weighted by atomic mass is 10.0. The van der Waals surface area contributed by atoms with E-state index in [4.69, 9.17) is 0 Å². The van der Waals surface area contributed by atoms with E-state index in [0.717, 1.165) is 5.56 Å². The topological polar surface area (TPSA) is 49.4 Å². The van der Waals surface area contributed by atoms with Crippen molar-refractivity contribution < 1.29 is 9.59 Å². The Morgan fingerprint density at radius 3 is 2.44 bits per heavy atom. The van der Waals surface area contributed by atoms with Gasteiger partial charge in [-0.3, -0.25) is 9.59 Å². The number of likely N-dealkylation sites (N-methyl/N-ethyl adjacent to an activating group) is 1. The standard InChI is InChI=1S/C12H14N2O2/c1-8-12(16)14(2)10(11(15)13-8)9-6-4-3-5-7-9/h3-8,10H,1-2H3,(H,13,15). The van der Waals surface area contributed by atoms with Crippen molar-refractivity contribution in [1.82, 2.24) is 10.2 Å². The molecule has 2 atom stereocenters. The van der Waals surface area contributed by atoms with Gasteiger partial charge < -0.3 is 10.2 Å². The van der Waals surface area contributed by atoms with Gasteiger partial charge in [-0.05, 0) is 12.5 Å². The second-order valence-electron chi connectivity index (χ2n) is 3.99. The van der Waals surface area contributed by atoms with E-state index in [1.54, 1.807) is 14.0 Å². The average Bonchev–Trinajstić information content (AvgIpc) is 2.28. The molecule has 0 radical (unpaired) electrons. The van der Waals surface area contributed by atoms with Gasteiger partial charge in [0.2, 0.25) is 11.8 Å². The molecule has 4 heteroatoms. The largest absolute Gasteiger partial charge is 0.342 e. The fraction of sp³-hybridized carbons (Fsp3) is 0.333. The maximum atomic E-state index is 11.9. The molecule has 0 spiro atoms. The molecule has 1 aliphatic rings. The smallest absolute Gasteiger partial charge is 0.248 e. The summed E-state index contributed by atoms with van der Waals surface area (Å²) in [4.78, 5) is 25.1. The zero-order valence-corrected chi connectivity index (χ0v) is 9.31. The number of rotatable bonds is 1. The molecule has 1 aromatic carbocycles. The van der Waals surface area contributed by atoms with Gasteiger partial charge in [-0.15, -0.1) is 0 Å². The highest BCUT2D eigenvalue weighted by molar-refractivity contribution is 5.97. The Balaban J connectivity index is 2.34. The molecule has 1 aromatic rings. The molecular formula is C12H14N2O2. The van der Waals surface area contributed by atoms with Crippen LogP contribution >= 0.6 is 0 Å². The number of carbonyl (C=O) groups is 2. The van der Waals surface area contributed by atoms with Crippen molar-refractivity contribution in [3.05, 3.63) is 35.9 Å². The number of carbonyl (C=O) groups excluding carboxylic acids is 2. The minimum absolute atomic E-state index is 0.0616. The monoisotopic (exact) mass is 218 g/mol. The van der Waals surface area contributed by atoms with Gasteiger partial charge in [-0.1, -0.05) is 30.3 Å². The number of hydrogen-bond acceptors (Lipinski definition) is 2. The molecule has 0 bridgehead atoms. The number of amides is 2. The maximum absolute atomic E-state index is 11.9. The van der Waals surface area contributed by atoms with E-state index in [1.165, 1.54) is 4.90 Å².